The molecule has 1 saturated heterocycles. The molecule has 1 fully saturated rings. The highest BCUT2D eigenvalue weighted by atomic mass is 127. The summed E-state index contributed by atoms with van der Waals surface area (Å²) in [5.74, 6) is 0.954. The molecule has 0 radical (unpaired) electrons. The van der Waals surface area contributed by atoms with E-state index in [2.05, 4.69) is 53.3 Å². The van der Waals surface area contributed by atoms with Crippen molar-refractivity contribution in [3.63, 3.8) is 0 Å². The van der Waals surface area contributed by atoms with E-state index in [1.165, 1.54) is 16.0 Å². The number of hydrogen-bond acceptors (Lipinski definition) is 4. The summed E-state index contributed by atoms with van der Waals surface area (Å²) < 4.78 is 6.04. The molecular formula is C19H27IN4OS. The minimum Gasteiger partial charge on any atom is -0.370 e. The zero-order chi connectivity index (χ0) is 17.6. The van der Waals surface area contributed by atoms with E-state index >= 15 is 0 Å². The summed E-state index contributed by atoms with van der Waals surface area (Å²) in [6.45, 7) is 10.2. The highest BCUT2D eigenvalue weighted by molar-refractivity contribution is 14.0. The lowest BCUT2D eigenvalue weighted by Gasteiger charge is -2.35. The molecular weight excluding hydrogens is 459 g/mol. The third kappa shape index (κ3) is 5.40. The van der Waals surface area contributed by atoms with E-state index < -0.39 is 0 Å². The van der Waals surface area contributed by atoms with Crippen molar-refractivity contribution in [2.24, 2.45) is 4.99 Å². The number of ether oxygens (including phenoxy) is 1. The zero-order valence-corrected chi connectivity index (χ0v) is 18.7. The van der Waals surface area contributed by atoms with Gasteiger partial charge >= 0.3 is 0 Å². The lowest BCUT2D eigenvalue weighted by atomic mass is 10.0. The highest BCUT2D eigenvalue weighted by Crippen LogP contribution is 2.25. The number of nitrogens with zero attached hydrogens (tertiary/aromatic N) is 3. The molecule has 1 atom stereocenters. The maximum Gasteiger partial charge on any atom is 0.194 e. The predicted octanol–water partition coefficient (Wildman–Crippen LogP) is 3.92. The Bertz CT molecular complexity index is 734. The lowest BCUT2D eigenvalue weighted by molar-refractivity contribution is -0.00833. The normalized spacial score (nSPS) is 17.7. The van der Waals surface area contributed by atoms with Gasteiger partial charge in [-0.05, 0) is 31.9 Å². The second-order valence-corrected chi connectivity index (χ2v) is 7.50. The number of benzene rings is 1. The van der Waals surface area contributed by atoms with Crippen molar-refractivity contribution in [3.05, 3.63) is 51.5 Å². The topological polar surface area (TPSA) is 49.8 Å². The SMILES string of the molecule is CCNC(=NCc1cnc(C)s1)N1CCOC(c2ccccc2C)C1.I. The van der Waals surface area contributed by atoms with Crippen LogP contribution in [-0.2, 0) is 11.3 Å². The second-order valence-electron chi connectivity index (χ2n) is 6.18. The number of aromatic nitrogens is 1. The average molecular weight is 486 g/mol. The standard InChI is InChI=1S/C19H26N4OS.HI/c1-4-20-19(22-12-16-11-21-15(3)25-16)23-9-10-24-18(13-23)17-8-6-5-7-14(17)2;/h5-8,11,18H,4,9-10,12-13H2,1-3H3,(H,20,22);1H. The molecule has 0 aliphatic carbocycles. The minimum absolute atomic E-state index is 0. The monoisotopic (exact) mass is 486 g/mol. The number of nitrogens with one attached hydrogen (secondary N) is 1. The summed E-state index contributed by atoms with van der Waals surface area (Å²) >= 11 is 1.70. The van der Waals surface area contributed by atoms with Gasteiger partial charge in [0.1, 0.15) is 6.10 Å². The van der Waals surface area contributed by atoms with Crippen molar-refractivity contribution in [1.82, 2.24) is 15.2 Å². The first-order chi connectivity index (χ1) is 12.2. The Kier molecular flexibility index (Phi) is 8.30. The van der Waals surface area contributed by atoms with Crippen LogP contribution >= 0.6 is 35.3 Å². The Hall–Kier alpha value is -1.19. The summed E-state index contributed by atoms with van der Waals surface area (Å²) in [7, 11) is 0. The fourth-order valence-electron chi connectivity index (χ4n) is 3.03. The smallest absolute Gasteiger partial charge is 0.194 e. The average Bonchev–Trinajstić information content (AvgIpc) is 3.04. The van der Waals surface area contributed by atoms with Gasteiger partial charge in [-0.3, -0.25) is 0 Å². The highest BCUT2D eigenvalue weighted by Gasteiger charge is 2.25. The molecule has 142 valence electrons. The van der Waals surface area contributed by atoms with Crippen LogP contribution in [0, 0.1) is 13.8 Å². The van der Waals surface area contributed by atoms with Crippen LogP contribution in [0.5, 0.6) is 0 Å². The van der Waals surface area contributed by atoms with Gasteiger partial charge in [0.15, 0.2) is 5.96 Å². The molecule has 7 heteroatoms. The molecule has 1 unspecified atom stereocenters. The van der Waals surface area contributed by atoms with E-state index in [-0.39, 0.29) is 30.1 Å². The van der Waals surface area contributed by atoms with E-state index in [9.17, 15) is 0 Å². The van der Waals surface area contributed by atoms with Gasteiger partial charge in [-0.1, -0.05) is 24.3 Å². The third-order valence-corrected chi connectivity index (χ3v) is 5.19. The van der Waals surface area contributed by atoms with Crippen molar-refractivity contribution in [2.75, 3.05) is 26.2 Å². The van der Waals surface area contributed by atoms with E-state index in [1.807, 2.05) is 13.1 Å². The van der Waals surface area contributed by atoms with Gasteiger partial charge in [0.2, 0.25) is 0 Å². The Morgan fingerprint density at radius 2 is 2.19 bits per heavy atom. The van der Waals surface area contributed by atoms with Crippen LogP contribution in [0.15, 0.2) is 35.5 Å². The van der Waals surface area contributed by atoms with E-state index in [4.69, 9.17) is 9.73 Å². The number of hydrogen-bond donors (Lipinski definition) is 1. The van der Waals surface area contributed by atoms with Crippen LogP contribution in [0.1, 0.15) is 34.0 Å². The van der Waals surface area contributed by atoms with Gasteiger partial charge in [0, 0.05) is 24.2 Å². The van der Waals surface area contributed by atoms with E-state index in [0.29, 0.717) is 13.2 Å². The fourth-order valence-corrected chi connectivity index (χ4v) is 3.75. The molecule has 0 amide bonds. The van der Waals surface area contributed by atoms with Crippen LogP contribution < -0.4 is 5.32 Å². The number of aryl methyl sites for hydroxylation is 2. The molecule has 0 spiro atoms. The van der Waals surface area contributed by atoms with Gasteiger partial charge in [-0.25, -0.2) is 9.98 Å². The Balaban J connectivity index is 0.00000243. The van der Waals surface area contributed by atoms with Crippen LogP contribution in [0.2, 0.25) is 0 Å². The molecule has 26 heavy (non-hydrogen) atoms. The molecule has 1 aliphatic rings. The number of morpholine rings is 1. The molecule has 1 aromatic heterocycles. The van der Waals surface area contributed by atoms with Crippen molar-refractivity contribution < 1.29 is 4.74 Å². The van der Waals surface area contributed by atoms with Crippen LogP contribution in [-0.4, -0.2) is 42.1 Å². The summed E-state index contributed by atoms with van der Waals surface area (Å²) in [5.41, 5.74) is 2.54. The van der Waals surface area contributed by atoms with Gasteiger partial charge in [0.05, 0.1) is 24.7 Å². The van der Waals surface area contributed by atoms with Crippen molar-refractivity contribution in [3.8, 4) is 0 Å². The number of thiazole rings is 1. The maximum atomic E-state index is 6.04. The second kappa shape index (κ2) is 10.2. The van der Waals surface area contributed by atoms with Gasteiger partial charge < -0.3 is 15.0 Å². The lowest BCUT2D eigenvalue weighted by Crippen LogP contribution is -2.48. The number of guanidine groups is 1. The van der Waals surface area contributed by atoms with E-state index in [0.717, 1.165) is 30.6 Å². The molecule has 3 rings (SSSR count). The first-order valence-electron chi connectivity index (χ1n) is 8.79. The fraction of sp³-hybridized carbons (Fsp3) is 0.474. The molecule has 0 bridgehead atoms. The molecule has 2 aromatic rings. The van der Waals surface area contributed by atoms with Crippen molar-refractivity contribution in [1.29, 1.82) is 0 Å². The Morgan fingerprint density at radius 1 is 1.38 bits per heavy atom. The minimum atomic E-state index is 0. The first-order valence-corrected chi connectivity index (χ1v) is 9.60. The zero-order valence-electron chi connectivity index (χ0n) is 15.6. The van der Waals surface area contributed by atoms with Crippen LogP contribution in [0.4, 0.5) is 0 Å². The summed E-state index contributed by atoms with van der Waals surface area (Å²) in [5, 5.41) is 4.51. The van der Waals surface area contributed by atoms with Gasteiger partial charge in [-0.2, -0.15) is 0 Å². The van der Waals surface area contributed by atoms with Crippen LogP contribution in [0.3, 0.4) is 0 Å². The quantitative estimate of drug-likeness (QED) is 0.405. The van der Waals surface area contributed by atoms with E-state index in [1.54, 1.807) is 11.3 Å². The van der Waals surface area contributed by atoms with Crippen molar-refractivity contribution in [2.45, 2.75) is 33.4 Å². The number of halogens is 1. The Morgan fingerprint density at radius 3 is 2.88 bits per heavy atom. The molecule has 5 nitrogen and oxygen atoms in total. The summed E-state index contributed by atoms with van der Waals surface area (Å²) in [6, 6.07) is 8.45. The molecule has 0 saturated carbocycles. The Labute approximate surface area is 176 Å². The van der Waals surface area contributed by atoms with Crippen molar-refractivity contribution >= 4 is 41.3 Å². The van der Waals surface area contributed by atoms with Gasteiger partial charge in [-0.15, -0.1) is 35.3 Å². The molecule has 1 N–H and O–H groups in total. The van der Waals surface area contributed by atoms with Crippen LogP contribution in [0.25, 0.3) is 0 Å². The third-order valence-electron chi connectivity index (χ3n) is 4.29. The number of rotatable bonds is 4. The maximum absolute atomic E-state index is 6.04. The molecule has 1 aliphatic heterocycles. The first kappa shape index (κ1) is 21.1. The van der Waals surface area contributed by atoms with Gasteiger partial charge in [0.25, 0.3) is 0 Å². The molecule has 1 aromatic carbocycles. The predicted molar refractivity (Wildman–Crippen MR) is 119 cm³/mol. The molecule has 2 heterocycles. The summed E-state index contributed by atoms with van der Waals surface area (Å²) in [4.78, 5) is 12.6. The number of aliphatic imine (C=N–C) groups is 1. The summed E-state index contributed by atoms with van der Waals surface area (Å²) in [6.07, 6.45) is 2.01. The largest absolute Gasteiger partial charge is 0.370 e.